The molecule has 1 unspecified atom stereocenters. The van der Waals surface area contributed by atoms with Crippen LogP contribution in [0.1, 0.15) is 65.4 Å². The van der Waals surface area contributed by atoms with E-state index in [-0.39, 0.29) is 11.6 Å². The van der Waals surface area contributed by atoms with Gasteiger partial charge >= 0.3 is 0 Å². The van der Waals surface area contributed by atoms with Crippen molar-refractivity contribution in [2.45, 2.75) is 78.4 Å². The van der Waals surface area contributed by atoms with Crippen molar-refractivity contribution in [2.75, 3.05) is 50.7 Å². The zero-order chi connectivity index (χ0) is 27.5. The topological polar surface area (TPSA) is 54.9 Å². The van der Waals surface area contributed by atoms with Crippen LogP contribution in [0.3, 0.4) is 0 Å². The highest BCUT2D eigenvalue weighted by atomic mass is 35.5. The molecule has 2 N–H and O–H groups in total. The van der Waals surface area contributed by atoms with Crippen molar-refractivity contribution in [3.8, 4) is 0 Å². The number of allylic oxidation sites excluding steroid dienone is 3. The number of pyridine rings is 1. The summed E-state index contributed by atoms with van der Waals surface area (Å²) < 4.78 is 14.2. The summed E-state index contributed by atoms with van der Waals surface area (Å²) in [4.78, 5) is 12.0. The molecule has 1 aromatic rings. The lowest BCUT2D eigenvalue weighted by Gasteiger charge is -2.42. The quantitative estimate of drug-likeness (QED) is 0.200. The van der Waals surface area contributed by atoms with Crippen LogP contribution in [0.15, 0.2) is 47.7 Å². The second-order valence-corrected chi connectivity index (χ2v) is 11.0. The van der Waals surface area contributed by atoms with Crippen LogP contribution >= 0.6 is 11.6 Å². The van der Waals surface area contributed by atoms with Gasteiger partial charge in [0, 0.05) is 51.0 Å². The molecule has 8 heteroatoms. The van der Waals surface area contributed by atoms with Crippen LogP contribution < -0.4 is 10.2 Å². The molecule has 0 aromatic carbocycles. The summed E-state index contributed by atoms with van der Waals surface area (Å²) in [5, 5.41) is 14.0. The SMILES string of the molecule is C\C=C(O)/C=C\C(CN(CCC)CCCN1CCN(c2ncc(CNC3CC3)cc2Cl)CC1CC)=C(/C)F. The maximum atomic E-state index is 14.2. The number of anilines is 1. The number of halogens is 2. The van der Waals surface area contributed by atoms with Gasteiger partial charge in [-0.25, -0.2) is 9.37 Å². The zero-order valence-electron chi connectivity index (χ0n) is 23.7. The highest BCUT2D eigenvalue weighted by Gasteiger charge is 2.27. The molecule has 1 aliphatic carbocycles. The Bertz CT molecular complexity index is 973. The second kappa shape index (κ2) is 15.6. The fourth-order valence-electron chi connectivity index (χ4n) is 5.00. The molecule has 2 fully saturated rings. The molecule has 38 heavy (non-hydrogen) atoms. The molecule has 1 saturated carbocycles. The van der Waals surface area contributed by atoms with Crippen LogP contribution in [0, 0.1) is 0 Å². The third kappa shape index (κ3) is 9.67. The van der Waals surface area contributed by atoms with Crippen LogP contribution in [-0.4, -0.2) is 77.8 Å². The number of hydrogen-bond donors (Lipinski definition) is 2. The largest absolute Gasteiger partial charge is 0.508 e. The van der Waals surface area contributed by atoms with Crippen LogP contribution in [-0.2, 0) is 6.54 Å². The summed E-state index contributed by atoms with van der Waals surface area (Å²) in [6.45, 7) is 14.7. The first-order valence-electron chi connectivity index (χ1n) is 14.3. The molecule has 1 atom stereocenters. The van der Waals surface area contributed by atoms with E-state index < -0.39 is 0 Å². The van der Waals surface area contributed by atoms with E-state index in [1.54, 1.807) is 25.2 Å². The minimum Gasteiger partial charge on any atom is -0.508 e. The lowest BCUT2D eigenvalue weighted by Crippen LogP contribution is -2.53. The first kappa shape index (κ1) is 30.6. The van der Waals surface area contributed by atoms with Crippen molar-refractivity contribution >= 4 is 17.4 Å². The van der Waals surface area contributed by atoms with E-state index in [1.807, 2.05) is 6.20 Å². The van der Waals surface area contributed by atoms with Crippen molar-refractivity contribution in [3.05, 3.63) is 58.2 Å². The lowest BCUT2D eigenvalue weighted by atomic mass is 10.1. The van der Waals surface area contributed by atoms with Crippen LogP contribution in [0.2, 0.25) is 5.02 Å². The highest BCUT2D eigenvalue weighted by Crippen LogP contribution is 2.28. The van der Waals surface area contributed by atoms with Crippen molar-refractivity contribution in [1.29, 1.82) is 0 Å². The average Bonchev–Trinajstić information content (AvgIpc) is 3.74. The molecule has 3 rings (SSSR count). The summed E-state index contributed by atoms with van der Waals surface area (Å²) in [5.41, 5.74) is 1.76. The van der Waals surface area contributed by atoms with Crippen LogP contribution in [0.5, 0.6) is 0 Å². The second-order valence-electron chi connectivity index (χ2n) is 10.6. The van der Waals surface area contributed by atoms with E-state index in [0.29, 0.717) is 24.2 Å². The predicted octanol–water partition coefficient (Wildman–Crippen LogP) is 6.25. The zero-order valence-corrected chi connectivity index (χ0v) is 24.5. The minimum absolute atomic E-state index is 0.147. The highest BCUT2D eigenvalue weighted by molar-refractivity contribution is 6.33. The van der Waals surface area contributed by atoms with Gasteiger partial charge in [0.1, 0.15) is 17.4 Å². The lowest BCUT2D eigenvalue weighted by molar-refractivity contribution is 0.160. The van der Waals surface area contributed by atoms with E-state index in [1.165, 1.54) is 19.8 Å². The molecule has 1 aromatic heterocycles. The van der Waals surface area contributed by atoms with Crippen molar-refractivity contribution < 1.29 is 9.50 Å². The fourth-order valence-corrected chi connectivity index (χ4v) is 5.31. The Hall–Kier alpha value is -1.93. The van der Waals surface area contributed by atoms with Crippen molar-refractivity contribution in [3.63, 3.8) is 0 Å². The van der Waals surface area contributed by atoms with Crippen molar-refractivity contribution in [2.24, 2.45) is 0 Å². The molecule has 0 radical (unpaired) electrons. The Morgan fingerprint density at radius 2 is 2.05 bits per heavy atom. The van der Waals surface area contributed by atoms with Gasteiger partial charge in [0.15, 0.2) is 0 Å². The summed E-state index contributed by atoms with van der Waals surface area (Å²) in [5.74, 6) is 0.841. The summed E-state index contributed by atoms with van der Waals surface area (Å²) in [7, 11) is 0. The average molecular weight is 548 g/mol. The van der Waals surface area contributed by atoms with Gasteiger partial charge in [-0.15, -0.1) is 0 Å². The van der Waals surface area contributed by atoms with Gasteiger partial charge in [-0.1, -0.05) is 31.5 Å². The fraction of sp³-hybridized carbons (Fsp3) is 0.633. The number of aliphatic hydroxyl groups is 1. The van der Waals surface area contributed by atoms with Gasteiger partial charge in [0.2, 0.25) is 0 Å². The van der Waals surface area contributed by atoms with E-state index in [9.17, 15) is 9.50 Å². The molecule has 2 aliphatic rings. The third-order valence-electron chi connectivity index (χ3n) is 7.47. The Balaban J connectivity index is 1.51. The molecular formula is C30H47ClFN5O. The monoisotopic (exact) mass is 547 g/mol. The molecule has 2 heterocycles. The smallest absolute Gasteiger partial charge is 0.147 e. The Morgan fingerprint density at radius 3 is 2.68 bits per heavy atom. The first-order chi connectivity index (χ1) is 18.3. The Kier molecular flexibility index (Phi) is 12.6. The van der Waals surface area contributed by atoms with E-state index >= 15 is 0 Å². The van der Waals surface area contributed by atoms with Gasteiger partial charge < -0.3 is 15.3 Å². The number of aromatic nitrogens is 1. The third-order valence-corrected chi connectivity index (χ3v) is 7.75. The maximum Gasteiger partial charge on any atom is 0.147 e. The number of nitrogens with one attached hydrogen (secondary N) is 1. The number of nitrogens with zero attached hydrogens (tertiary/aromatic N) is 4. The first-order valence-corrected chi connectivity index (χ1v) is 14.7. The number of piperazine rings is 1. The Morgan fingerprint density at radius 1 is 1.26 bits per heavy atom. The normalized spacial score (nSPS) is 20.0. The molecule has 1 saturated heterocycles. The predicted molar refractivity (Wildman–Crippen MR) is 158 cm³/mol. The molecule has 1 aliphatic heterocycles. The van der Waals surface area contributed by atoms with Gasteiger partial charge in [0.25, 0.3) is 0 Å². The molecule has 0 bridgehead atoms. The standard InChI is InChI=1S/C30H47ClFN5O/c1-5-13-35(21-25(23(4)32)9-12-28(38)7-3)14-8-15-36-16-17-37(22-27(36)6-2)30-29(31)18-24(20-34-30)19-33-26-10-11-26/h7,9,12,18,20,26-27,33,38H,5-6,8,10-11,13-17,19,21-22H2,1-4H3/b12-9-,25-23-,28-7+. The van der Waals surface area contributed by atoms with E-state index in [0.717, 1.165) is 81.5 Å². The van der Waals surface area contributed by atoms with E-state index in [4.69, 9.17) is 16.6 Å². The van der Waals surface area contributed by atoms with Crippen LogP contribution in [0.4, 0.5) is 10.2 Å². The van der Waals surface area contributed by atoms with Gasteiger partial charge in [-0.2, -0.15) is 0 Å². The Labute approximate surface area is 234 Å². The van der Waals surface area contributed by atoms with E-state index in [2.05, 4.69) is 39.9 Å². The molecule has 0 spiro atoms. The summed E-state index contributed by atoms with van der Waals surface area (Å²) in [6, 6.07) is 3.18. The summed E-state index contributed by atoms with van der Waals surface area (Å²) >= 11 is 6.68. The summed E-state index contributed by atoms with van der Waals surface area (Å²) in [6.07, 6.45) is 12.5. The van der Waals surface area contributed by atoms with Crippen molar-refractivity contribution in [1.82, 2.24) is 20.1 Å². The number of aliphatic hydroxyl groups excluding tert-OH is 1. The molecule has 212 valence electrons. The molecule has 6 nitrogen and oxygen atoms in total. The molecular weight excluding hydrogens is 501 g/mol. The van der Waals surface area contributed by atoms with Gasteiger partial charge in [0.05, 0.1) is 5.02 Å². The van der Waals surface area contributed by atoms with Gasteiger partial charge in [-0.05, 0) is 94.9 Å². The maximum absolute atomic E-state index is 14.2. The van der Waals surface area contributed by atoms with Crippen LogP contribution in [0.25, 0.3) is 0 Å². The molecule has 0 amide bonds. The number of hydrogen-bond acceptors (Lipinski definition) is 6. The number of rotatable bonds is 15. The van der Waals surface area contributed by atoms with Gasteiger partial charge in [-0.3, -0.25) is 9.80 Å². The minimum atomic E-state index is -0.201.